The fourth-order valence-corrected chi connectivity index (χ4v) is 5.32. The number of amides is 2. The Morgan fingerprint density at radius 2 is 1.82 bits per heavy atom. The minimum Gasteiger partial charge on any atom is -0.490 e. The summed E-state index contributed by atoms with van der Waals surface area (Å²) in [6.07, 6.45) is 1.76. The minimum absolute atomic E-state index is 0.176. The smallest absolute Gasteiger partial charge is 0.270 e. The van der Waals surface area contributed by atoms with Crippen LogP contribution >= 0.6 is 35.6 Å². The van der Waals surface area contributed by atoms with E-state index in [-0.39, 0.29) is 18.4 Å². The summed E-state index contributed by atoms with van der Waals surface area (Å²) in [5.41, 5.74) is 5.14. The van der Waals surface area contributed by atoms with E-state index in [0.717, 1.165) is 27.9 Å². The van der Waals surface area contributed by atoms with Gasteiger partial charge in [0.1, 0.15) is 0 Å². The van der Waals surface area contributed by atoms with Crippen molar-refractivity contribution in [2.45, 2.75) is 27.7 Å². The predicted molar refractivity (Wildman–Crippen MR) is 159 cm³/mol. The molecule has 0 spiro atoms. The number of halogens is 1. The molecule has 6 nitrogen and oxygen atoms in total. The molecule has 196 valence electrons. The average molecular weight is 567 g/mol. The Kier molecular flexibility index (Phi) is 8.76. The molecule has 1 heterocycles. The van der Waals surface area contributed by atoms with Gasteiger partial charge in [-0.15, -0.1) is 0 Å². The zero-order valence-electron chi connectivity index (χ0n) is 21.5. The van der Waals surface area contributed by atoms with E-state index in [1.807, 2.05) is 58.0 Å². The fourth-order valence-electron chi connectivity index (χ4n) is 3.85. The van der Waals surface area contributed by atoms with Gasteiger partial charge in [-0.3, -0.25) is 14.5 Å². The van der Waals surface area contributed by atoms with E-state index < -0.39 is 0 Å². The topological polar surface area (TPSA) is 67.9 Å². The molecule has 3 aromatic rings. The van der Waals surface area contributed by atoms with Gasteiger partial charge in [0.15, 0.2) is 22.4 Å². The molecule has 38 heavy (non-hydrogen) atoms. The number of carbonyl (C=O) groups is 2. The molecular weight excluding hydrogens is 540 g/mol. The number of ether oxygens (including phenoxy) is 2. The average Bonchev–Trinajstić information content (AvgIpc) is 3.14. The monoisotopic (exact) mass is 566 g/mol. The largest absolute Gasteiger partial charge is 0.490 e. The van der Waals surface area contributed by atoms with Crippen LogP contribution in [-0.4, -0.2) is 29.3 Å². The van der Waals surface area contributed by atoms with Crippen LogP contribution in [0.5, 0.6) is 11.5 Å². The van der Waals surface area contributed by atoms with Crippen LogP contribution in [0.15, 0.2) is 59.5 Å². The number of anilines is 2. The van der Waals surface area contributed by atoms with Gasteiger partial charge in [0, 0.05) is 10.7 Å². The molecule has 0 aromatic heterocycles. The van der Waals surface area contributed by atoms with Crippen LogP contribution in [0.3, 0.4) is 0 Å². The number of benzene rings is 3. The molecule has 1 saturated heterocycles. The minimum atomic E-state index is -0.275. The molecule has 4 rings (SSSR count). The molecule has 1 N–H and O–H groups in total. The van der Waals surface area contributed by atoms with E-state index in [9.17, 15) is 9.59 Å². The lowest BCUT2D eigenvalue weighted by Crippen LogP contribution is -2.27. The first kappa shape index (κ1) is 27.7. The van der Waals surface area contributed by atoms with E-state index in [0.29, 0.717) is 38.0 Å². The Balaban J connectivity index is 1.48. The number of aryl methyl sites for hydroxylation is 3. The van der Waals surface area contributed by atoms with Crippen LogP contribution in [-0.2, 0) is 9.59 Å². The van der Waals surface area contributed by atoms with Crippen molar-refractivity contribution >= 4 is 69.2 Å². The number of nitrogens with zero attached hydrogens (tertiary/aromatic N) is 1. The number of carbonyl (C=O) groups excluding carboxylic acids is 2. The maximum Gasteiger partial charge on any atom is 0.270 e. The summed E-state index contributed by atoms with van der Waals surface area (Å²) >= 11 is 13.0. The summed E-state index contributed by atoms with van der Waals surface area (Å²) in [5.74, 6) is 0.410. The number of thiocarbonyl (C=S) groups is 1. The molecule has 0 unspecified atom stereocenters. The normalized spacial score (nSPS) is 14.2. The zero-order valence-corrected chi connectivity index (χ0v) is 23.9. The second-order valence-corrected chi connectivity index (χ2v) is 10.8. The number of nitrogens with one attached hydrogen (secondary N) is 1. The molecular formula is C29H27ClN2O4S2. The second-order valence-electron chi connectivity index (χ2n) is 8.75. The molecule has 0 bridgehead atoms. The van der Waals surface area contributed by atoms with Gasteiger partial charge < -0.3 is 14.8 Å². The molecule has 0 aliphatic carbocycles. The Morgan fingerprint density at radius 3 is 2.53 bits per heavy atom. The van der Waals surface area contributed by atoms with Gasteiger partial charge in [-0.2, -0.15) is 0 Å². The maximum absolute atomic E-state index is 13.2. The van der Waals surface area contributed by atoms with Crippen molar-refractivity contribution in [2.24, 2.45) is 0 Å². The highest BCUT2D eigenvalue weighted by atomic mass is 35.5. The van der Waals surface area contributed by atoms with Crippen molar-refractivity contribution < 1.29 is 19.1 Å². The van der Waals surface area contributed by atoms with Crippen molar-refractivity contribution in [1.29, 1.82) is 0 Å². The SMILES string of the molecule is CCOc1cc(/C=C2\SC(=S)N(c3ccc(C)c(Cl)c3)C2=O)ccc1OCC(=O)Nc1ccc(C)cc1C. The van der Waals surface area contributed by atoms with E-state index in [1.54, 1.807) is 30.3 Å². The molecule has 0 saturated carbocycles. The predicted octanol–water partition coefficient (Wildman–Crippen LogP) is 7.09. The van der Waals surface area contributed by atoms with Crippen molar-refractivity contribution in [3.8, 4) is 11.5 Å². The number of hydrogen-bond acceptors (Lipinski definition) is 6. The van der Waals surface area contributed by atoms with Gasteiger partial charge in [0.2, 0.25) is 0 Å². The highest BCUT2D eigenvalue weighted by Crippen LogP contribution is 2.38. The van der Waals surface area contributed by atoms with Crippen molar-refractivity contribution in [3.05, 3.63) is 86.8 Å². The highest BCUT2D eigenvalue weighted by molar-refractivity contribution is 8.27. The molecule has 1 aliphatic rings. The van der Waals surface area contributed by atoms with Crippen molar-refractivity contribution in [2.75, 3.05) is 23.4 Å². The summed E-state index contributed by atoms with van der Waals surface area (Å²) in [6, 6.07) is 16.5. The molecule has 9 heteroatoms. The van der Waals surface area contributed by atoms with Gasteiger partial charge in [0.05, 0.1) is 17.2 Å². The highest BCUT2D eigenvalue weighted by Gasteiger charge is 2.33. The van der Waals surface area contributed by atoms with Crippen LogP contribution in [0.25, 0.3) is 6.08 Å². The van der Waals surface area contributed by atoms with Crippen LogP contribution in [0.2, 0.25) is 5.02 Å². The lowest BCUT2D eigenvalue weighted by Gasteiger charge is -2.15. The first-order valence-electron chi connectivity index (χ1n) is 12.0. The van der Waals surface area contributed by atoms with Gasteiger partial charge in [-0.25, -0.2) is 0 Å². The van der Waals surface area contributed by atoms with Crippen LogP contribution in [0, 0.1) is 20.8 Å². The molecule has 2 amide bonds. The third-order valence-corrected chi connectivity index (χ3v) is 7.50. The van der Waals surface area contributed by atoms with Gasteiger partial charge >= 0.3 is 0 Å². The van der Waals surface area contributed by atoms with E-state index in [1.165, 1.54) is 16.7 Å². The van der Waals surface area contributed by atoms with Gasteiger partial charge in [-0.1, -0.05) is 65.4 Å². The number of thioether (sulfide) groups is 1. The summed E-state index contributed by atoms with van der Waals surface area (Å²) in [7, 11) is 0. The first-order valence-corrected chi connectivity index (χ1v) is 13.6. The molecule has 1 aliphatic heterocycles. The quantitative estimate of drug-likeness (QED) is 0.232. The summed E-state index contributed by atoms with van der Waals surface area (Å²) in [4.78, 5) is 27.6. The standard InChI is InChI=1S/C29H27ClN2O4S2/c1-5-35-25-13-20(8-11-24(25)36-16-27(33)31-23-10-6-17(2)12-19(23)4)14-26-28(34)32(29(37)38-26)21-9-7-18(3)22(30)15-21/h6-15H,5,16H2,1-4H3,(H,31,33)/b26-14-. The molecule has 3 aromatic carbocycles. The Hall–Kier alpha value is -3.33. The Morgan fingerprint density at radius 1 is 1.03 bits per heavy atom. The zero-order chi connectivity index (χ0) is 27.4. The number of hydrogen-bond donors (Lipinski definition) is 1. The summed E-state index contributed by atoms with van der Waals surface area (Å²) in [6.45, 7) is 7.94. The van der Waals surface area contributed by atoms with E-state index in [4.69, 9.17) is 33.3 Å². The third-order valence-electron chi connectivity index (χ3n) is 5.79. The Bertz CT molecular complexity index is 1450. The summed E-state index contributed by atoms with van der Waals surface area (Å²) in [5, 5.41) is 3.44. The van der Waals surface area contributed by atoms with Crippen LogP contribution < -0.4 is 19.7 Å². The molecule has 1 fully saturated rings. The van der Waals surface area contributed by atoms with Crippen molar-refractivity contribution in [1.82, 2.24) is 0 Å². The number of rotatable bonds is 8. The first-order chi connectivity index (χ1) is 18.2. The maximum atomic E-state index is 13.2. The van der Waals surface area contributed by atoms with Gasteiger partial charge in [-0.05, 0) is 80.8 Å². The van der Waals surface area contributed by atoms with E-state index >= 15 is 0 Å². The second kappa shape index (κ2) is 12.0. The lowest BCUT2D eigenvalue weighted by molar-refractivity contribution is -0.118. The summed E-state index contributed by atoms with van der Waals surface area (Å²) < 4.78 is 12.0. The lowest BCUT2D eigenvalue weighted by atomic mass is 10.1. The van der Waals surface area contributed by atoms with Crippen molar-refractivity contribution in [3.63, 3.8) is 0 Å². The van der Waals surface area contributed by atoms with E-state index in [2.05, 4.69) is 5.32 Å². The molecule has 0 atom stereocenters. The molecule has 0 radical (unpaired) electrons. The van der Waals surface area contributed by atoms with Gasteiger partial charge in [0.25, 0.3) is 11.8 Å². The van der Waals surface area contributed by atoms with Crippen LogP contribution in [0.1, 0.15) is 29.2 Å². The van der Waals surface area contributed by atoms with Crippen LogP contribution in [0.4, 0.5) is 11.4 Å². The fraction of sp³-hybridized carbons (Fsp3) is 0.207. The third kappa shape index (κ3) is 6.38. The Labute approximate surface area is 237 Å².